The van der Waals surface area contributed by atoms with Crippen molar-refractivity contribution in [1.82, 2.24) is 19.9 Å². The maximum Gasteiger partial charge on any atom is 0.329 e. The molecule has 2 aromatic rings. The number of aliphatic carboxylic acids is 1. The van der Waals surface area contributed by atoms with Crippen molar-refractivity contribution >= 4 is 17.5 Å². The van der Waals surface area contributed by atoms with E-state index in [1.54, 1.807) is 18.4 Å². The summed E-state index contributed by atoms with van der Waals surface area (Å²) in [4.78, 5) is 27.8. The number of carboxylic acids is 1. The molecule has 2 rings (SSSR count). The van der Waals surface area contributed by atoms with Gasteiger partial charge in [0.2, 0.25) is 0 Å². The highest BCUT2D eigenvalue weighted by Gasteiger charge is 2.33. The third-order valence-electron chi connectivity index (χ3n) is 3.66. The summed E-state index contributed by atoms with van der Waals surface area (Å²) in [6.45, 7) is 6.78. The lowest BCUT2D eigenvalue weighted by molar-refractivity contribution is -0.143. The molecule has 0 spiro atoms. The summed E-state index contributed by atoms with van der Waals surface area (Å²) >= 11 is 0. The molecule has 1 atom stereocenters. The summed E-state index contributed by atoms with van der Waals surface area (Å²) in [5.74, 6) is -1.54. The van der Waals surface area contributed by atoms with Crippen LogP contribution in [0.1, 0.15) is 42.0 Å². The van der Waals surface area contributed by atoms with E-state index in [1.165, 1.54) is 13.1 Å². The molecule has 7 nitrogen and oxygen atoms in total. The van der Waals surface area contributed by atoms with Gasteiger partial charge in [-0.1, -0.05) is 6.92 Å². The largest absolute Gasteiger partial charge is 0.480 e. The molecule has 0 fully saturated rings. The Hall–Kier alpha value is -2.44. The van der Waals surface area contributed by atoms with Crippen molar-refractivity contribution in [2.45, 2.75) is 39.7 Å². The zero-order valence-corrected chi connectivity index (χ0v) is 12.5. The quantitative estimate of drug-likeness (QED) is 0.885. The number of carboxylic acid groups (broad SMARTS) is 1. The highest BCUT2D eigenvalue weighted by atomic mass is 16.4. The minimum absolute atomic E-state index is 0.281. The minimum Gasteiger partial charge on any atom is -0.480 e. The number of carbonyl (C=O) groups excluding carboxylic acids is 1. The Morgan fingerprint density at radius 2 is 2.10 bits per heavy atom. The number of nitrogens with one attached hydrogen (secondary N) is 1. The predicted octanol–water partition coefficient (Wildman–Crippen LogP) is 1.33. The van der Waals surface area contributed by atoms with Crippen LogP contribution in [0.25, 0.3) is 5.65 Å². The average Bonchev–Trinajstić information content (AvgIpc) is 2.80. The molecule has 0 radical (unpaired) electrons. The van der Waals surface area contributed by atoms with E-state index in [9.17, 15) is 14.7 Å². The second-order valence-corrected chi connectivity index (χ2v) is 5.26. The first-order valence-corrected chi connectivity index (χ1v) is 6.66. The number of hydrogen-bond acceptors (Lipinski definition) is 4. The zero-order valence-electron chi connectivity index (χ0n) is 12.5. The molecule has 2 heterocycles. The fourth-order valence-electron chi connectivity index (χ4n) is 2.00. The number of carbonyl (C=O) groups is 2. The van der Waals surface area contributed by atoms with Gasteiger partial charge < -0.3 is 10.4 Å². The molecule has 1 unspecified atom stereocenters. The Morgan fingerprint density at radius 3 is 2.67 bits per heavy atom. The van der Waals surface area contributed by atoms with Gasteiger partial charge in [-0.15, -0.1) is 0 Å². The first kappa shape index (κ1) is 15.0. The van der Waals surface area contributed by atoms with Gasteiger partial charge in [0.05, 0.1) is 17.0 Å². The van der Waals surface area contributed by atoms with Gasteiger partial charge in [-0.2, -0.15) is 5.10 Å². The van der Waals surface area contributed by atoms with Gasteiger partial charge in [-0.05, 0) is 27.2 Å². The van der Waals surface area contributed by atoms with E-state index in [2.05, 4.69) is 15.4 Å². The van der Waals surface area contributed by atoms with Gasteiger partial charge in [0.15, 0.2) is 5.65 Å². The van der Waals surface area contributed by atoms with Crippen LogP contribution in [0.5, 0.6) is 0 Å². The maximum atomic E-state index is 12.3. The number of aromatic nitrogens is 3. The molecular formula is C14H18N4O3. The smallest absolute Gasteiger partial charge is 0.329 e. The number of rotatable bonds is 4. The van der Waals surface area contributed by atoms with Crippen LogP contribution in [0.4, 0.5) is 0 Å². The Kier molecular flexibility index (Phi) is 3.67. The first-order valence-electron chi connectivity index (χ1n) is 6.66. The first-order chi connectivity index (χ1) is 9.78. The van der Waals surface area contributed by atoms with Crippen LogP contribution in [0.15, 0.2) is 12.3 Å². The van der Waals surface area contributed by atoms with Crippen molar-refractivity contribution in [1.29, 1.82) is 0 Å². The van der Waals surface area contributed by atoms with Crippen molar-refractivity contribution in [2.24, 2.45) is 0 Å². The van der Waals surface area contributed by atoms with Gasteiger partial charge in [-0.3, -0.25) is 4.79 Å². The molecule has 0 aliphatic heterocycles. The molecule has 2 aromatic heterocycles. The van der Waals surface area contributed by atoms with E-state index in [0.717, 1.165) is 5.69 Å². The summed E-state index contributed by atoms with van der Waals surface area (Å²) in [7, 11) is 0. The van der Waals surface area contributed by atoms with Gasteiger partial charge in [0.25, 0.3) is 5.91 Å². The van der Waals surface area contributed by atoms with Crippen molar-refractivity contribution < 1.29 is 14.7 Å². The van der Waals surface area contributed by atoms with E-state index in [0.29, 0.717) is 16.9 Å². The lowest BCUT2D eigenvalue weighted by Gasteiger charge is -2.24. The van der Waals surface area contributed by atoms with E-state index < -0.39 is 17.4 Å². The SMILES string of the molecule is CCC(C)(NC(=O)c1cnc2cc(C)nn2c1C)C(=O)O. The van der Waals surface area contributed by atoms with Crippen LogP contribution in [0.3, 0.4) is 0 Å². The Labute approximate surface area is 122 Å². The second kappa shape index (κ2) is 5.16. The lowest BCUT2D eigenvalue weighted by atomic mass is 9.98. The molecule has 112 valence electrons. The third kappa shape index (κ3) is 2.58. The maximum absolute atomic E-state index is 12.3. The Bertz CT molecular complexity index is 722. The number of hydrogen-bond donors (Lipinski definition) is 2. The molecule has 2 N–H and O–H groups in total. The molecule has 0 aliphatic carbocycles. The normalized spacial score (nSPS) is 13.9. The number of nitrogens with zero attached hydrogens (tertiary/aromatic N) is 3. The summed E-state index contributed by atoms with van der Waals surface area (Å²) < 4.78 is 1.58. The van der Waals surface area contributed by atoms with E-state index in [4.69, 9.17) is 0 Å². The van der Waals surface area contributed by atoms with Crippen LogP contribution in [-0.2, 0) is 4.79 Å². The number of fused-ring (bicyclic) bond motifs is 1. The zero-order chi connectivity index (χ0) is 15.8. The van der Waals surface area contributed by atoms with Gasteiger partial charge in [-0.25, -0.2) is 14.3 Å². The molecule has 7 heteroatoms. The van der Waals surface area contributed by atoms with Crippen molar-refractivity contribution in [3.05, 3.63) is 29.2 Å². The summed E-state index contributed by atoms with van der Waals surface area (Å²) in [5.41, 5.74) is 1.07. The lowest BCUT2D eigenvalue weighted by Crippen LogP contribution is -2.51. The highest BCUT2D eigenvalue weighted by Crippen LogP contribution is 2.14. The van der Waals surface area contributed by atoms with Crippen molar-refractivity contribution in [3.8, 4) is 0 Å². The molecule has 0 bridgehead atoms. The van der Waals surface area contributed by atoms with Crippen LogP contribution in [0, 0.1) is 13.8 Å². The van der Waals surface area contributed by atoms with Crippen LogP contribution in [-0.4, -0.2) is 37.1 Å². The van der Waals surface area contributed by atoms with E-state index in [1.807, 2.05) is 13.0 Å². The van der Waals surface area contributed by atoms with Crippen LogP contribution < -0.4 is 5.32 Å². The van der Waals surface area contributed by atoms with Crippen molar-refractivity contribution in [3.63, 3.8) is 0 Å². The fraction of sp³-hybridized carbons (Fsp3) is 0.429. The van der Waals surface area contributed by atoms with Gasteiger partial charge in [0, 0.05) is 12.3 Å². The summed E-state index contributed by atoms with van der Waals surface area (Å²) in [5, 5.41) is 16.0. The molecule has 0 saturated carbocycles. The summed E-state index contributed by atoms with van der Waals surface area (Å²) in [6, 6.07) is 1.81. The number of aryl methyl sites for hydroxylation is 2. The Balaban J connectivity index is 2.40. The highest BCUT2D eigenvalue weighted by molar-refractivity contribution is 5.98. The Morgan fingerprint density at radius 1 is 1.43 bits per heavy atom. The summed E-state index contributed by atoms with van der Waals surface area (Å²) in [6.07, 6.45) is 1.72. The fourth-order valence-corrected chi connectivity index (χ4v) is 2.00. The van der Waals surface area contributed by atoms with E-state index in [-0.39, 0.29) is 6.42 Å². The third-order valence-corrected chi connectivity index (χ3v) is 3.66. The number of amides is 1. The van der Waals surface area contributed by atoms with Crippen molar-refractivity contribution in [2.75, 3.05) is 0 Å². The van der Waals surface area contributed by atoms with E-state index >= 15 is 0 Å². The predicted molar refractivity (Wildman–Crippen MR) is 76.3 cm³/mol. The van der Waals surface area contributed by atoms with Crippen LogP contribution >= 0.6 is 0 Å². The second-order valence-electron chi connectivity index (χ2n) is 5.26. The average molecular weight is 290 g/mol. The molecule has 0 aliphatic rings. The van der Waals surface area contributed by atoms with Gasteiger partial charge in [0.1, 0.15) is 5.54 Å². The molecule has 0 aromatic carbocycles. The van der Waals surface area contributed by atoms with Crippen LogP contribution in [0.2, 0.25) is 0 Å². The minimum atomic E-state index is -1.31. The molecule has 1 amide bonds. The molecule has 0 saturated heterocycles. The molecule has 21 heavy (non-hydrogen) atoms. The standard InChI is InChI=1S/C14H18N4O3/c1-5-14(4,13(20)21)16-12(19)10-7-15-11-6-8(2)17-18(11)9(10)3/h6-7H,5H2,1-4H3,(H,16,19)(H,20,21). The topological polar surface area (TPSA) is 96.6 Å². The molecular weight excluding hydrogens is 272 g/mol. The van der Waals surface area contributed by atoms with Gasteiger partial charge >= 0.3 is 5.97 Å². The monoisotopic (exact) mass is 290 g/mol.